The van der Waals surface area contributed by atoms with E-state index in [2.05, 4.69) is 0 Å². The highest BCUT2D eigenvalue weighted by Crippen LogP contribution is 2.47. The normalized spacial score (nSPS) is 16.8. The van der Waals surface area contributed by atoms with Crippen molar-refractivity contribution in [3.8, 4) is 28.7 Å². The lowest BCUT2D eigenvalue weighted by Crippen LogP contribution is -2.52. The van der Waals surface area contributed by atoms with Crippen molar-refractivity contribution >= 4 is 11.7 Å². The molecule has 8 heteroatoms. The number of ketones is 1. The Morgan fingerprint density at radius 2 is 1.59 bits per heavy atom. The monoisotopic (exact) mass is 441 g/mol. The van der Waals surface area contributed by atoms with Crippen molar-refractivity contribution in [3.05, 3.63) is 41.5 Å². The molecule has 32 heavy (non-hydrogen) atoms. The standard InChI is InChI=1S/C24H27NO7/c1-28-16-11-15(12-17(13-16)29-2)23(27)25-9-7-24(8-10-25)14-19(26)18-5-6-20(30-3)22(31-4)21(18)32-24/h5-6,11-13H,7-10,14H2,1-4H3. The predicted molar refractivity (Wildman–Crippen MR) is 117 cm³/mol. The first-order chi connectivity index (χ1) is 15.4. The average molecular weight is 441 g/mol. The van der Waals surface area contributed by atoms with Gasteiger partial charge in [0.2, 0.25) is 5.75 Å². The van der Waals surface area contributed by atoms with Crippen LogP contribution in [0.25, 0.3) is 0 Å². The summed E-state index contributed by atoms with van der Waals surface area (Å²) in [6.45, 7) is 0.931. The minimum Gasteiger partial charge on any atom is -0.497 e. The van der Waals surface area contributed by atoms with Crippen molar-refractivity contribution in [2.24, 2.45) is 0 Å². The average Bonchev–Trinajstić information content (AvgIpc) is 2.82. The summed E-state index contributed by atoms with van der Waals surface area (Å²) in [5.74, 6) is 2.35. The van der Waals surface area contributed by atoms with E-state index >= 15 is 0 Å². The Kier molecular flexibility index (Phi) is 5.86. The number of carbonyl (C=O) groups is 2. The van der Waals surface area contributed by atoms with E-state index in [1.807, 2.05) is 0 Å². The van der Waals surface area contributed by atoms with Gasteiger partial charge in [-0.1, -0.05) is 0 Å². The van der Waals surface area contributed by atoms with Crippen molar-refractivity contribution in [1.29, 1.82) is 0 Å². The van der Waals surface area contributed by atoms with Crippen LogP contribution in [0.2, 0.25) is 0 Å². The van der Waals surface area contributed by atoms with Crippen molar-refractivity contribution in [3.63, 3.8) is 0 Å². The van der Waals surface area contributed by atoms with Crippen LogP contribution in [0.1, 0.15) is 40.0 Å². The molecule has 170 valence electrons. The van der Waals surface area contributed by atoms with Crippen LogP contribution in [-0.2, 0) is 0 Å². The molecule has 2 aromatic rings. The smallest absolute Gasteiger partial charge is 0.254 e. The van der Waals surface area contributed by atoms with Crippen molar-refractivity contribution in [1.82, 2.24) is 4.90 Å². The highest BCUT2D eigenvalue weighted by molar-refractivity contribution is 6.01. The third kappa shape index (κ3) is 3.81. The Bertz CT molecular complexity index is 1020. The first-order valence-electron chi connectivity index (χ1n) is 10.4. The van der Waals surface area contributed by atoms with Gasteiger partial charge in [-0.3, -0.25) is 9.59 Å². The molecule has 0 aliphatic carbocycles. The van der Waals surface area contributed by atoms with E-state index in [0.29, 0.717) is 65.8 Å². The second-order valence-electron chi connectivity index (χ2n) is 7.96. The van der Waals surface area contributed by atoms with Gasteiger partial charge in [0.1, 0.15) is 17.1 Å². The molecule has 0 radical (unpaired) electrons. The zero-order valence-corrected chi connectivity index (χ0v) is 18.7. The quantitative estimate of drug-likeness (QED) is 0.704. The summed E-state index contributed by atoms with van der Waals surface area (Å²) in [6, 6.07) is 8.54. The zero-order valence-electron chi connectivity index (χ0n) is 18.7. The Morgan fingerprint density at radius 1 is 0.938 bits per heavy atom. The van der Waals surface area contributed by atoms with E-state index in [1.165, 1.54) is 7.11 Å². The second-order valence-corrected chi connectivity index (χ2v) is 7.96. The van der Waals surface area contributed by atoms with Gasteiger partial charge in [0.25, 0.3) is 5.91 Å². The maximum Gasteiger partial charge on any atom is 0.254 e. The zero-order chi connectivity index (χ0) is 22.9. The Balaban J connectivity index is 1.54. The summed E-state index contributed by atoms with van der Waals surface area (Å²) in [5, 5.41) is 0. The minimum atomic E-state index is -0.674. The molecule has 0 bridgehead atoms. The van der Waals surface area contributed by atoms with Gasteiger partial charge in [-0.25, -0.2) is 0 Å². The van der Waals surface area contributed by atoms with Gasteiger partial charge >= 0.3 is 0 Å². The van der Waals surface area contributed by atoms with Gasteiger partial charge in [-0.15, -0.1) is 0 Å². The number of piperidine rings is 1. The number of fused-ring (bicyclic) bond motifs is 1. The molecule has 2 heterocycles. The SMILES string of the molecule is COc1cc(OC)cc(C(=O)N2CCC3(CC2)CC(=O)c2ccc(OC)c(OC)c2O3)c1. The van der Waals surface area contributed by atoms with E-state index in [4.69, 9.17) is 23.7 Å². The molecule has 1 fully saturated rings. The van der Waals surface area contributed by atoms with Gasteiger partial charge in [0, 0.05) is 37.6 Å². The van der Waals surface area contributed by atoms with Crippen molar-refractivity contribution < 1.29 is 33.3 Å². The van der Waals surface area contributed by atoms with E-state index in [0.717, 1.165) is 0 Å². The molecule has 1 amide bonds. The van der Waals surface area contributed by atoms with Crippen LogP contribution in [0.4, 0.5) is 0 Å². The lowest BCUT2D eigenvalue weighted by Gasteiger charge is -2.44. The summed E-state index contributed by atoms with van der Waals surface area (Å²) in [6.07, 6.45) is 1.33. The Morgan fingerprint density at radius 3 is 2.16 bits per heavy atom. The number of hydrogen-bond donors (Lipinski definition) is 0. The molecule has 0 aromatic heterocycles. The number of Topliss-reactive ketones (excluding diaryl/α,β-unsaturated/α-hetero) is 1. The highest BCUT2D eigenvalue weighted by atomic mass is 16.5. The number of amides is 1. The van der Waals surface area contributed by atoms with Crippen LogP contribution in [0.3, 0.4) is 0 Å². The maximum absolute atomic E-state index is 13.1. The van der Waals surface area contributed by atoms with E-state index in [9.17, 15) is 9.59 Å². The fourth-order valence-corrected chi connectivity index (χ4v) is 4.37. The summed E-state index contributed by atoms with van der Waals surface area (Å²) in [7, 11) is 6.16. The molecule has 0 atom stereocenters. The Hall–Kier alpha value is -3.42. The fraction of sp³-hybridized carbons (Fsp3) is 0.417. The second kappa shape index (κ2) is 8.61. The van der Waals surface area contributed by atoms with Crippen LogP contribution in [0.15, 0.2) is 30.3 Å². The maximum atomic E-state index is 13.1. The molecule has 0 saturated carbocycles. The molecular weight excluding hydrogens is 414 g/mol. The molecule has 1 spiro atoms. The van der Waals surface area contributed by atoms with Gasteiger partial charge in [-0.05, 0) is 24.3 Å². The van der Waals surface area contributed by atoms with Crippen LogP contribution >= 0.6 is 0 Å². The predicted octanol–water partition coefficient (Wildman–Crippen LogP) is 3.36. The van der Waals surface area contributed by atoms with E-state index < -0.39 is 5.60 Å². The molecule has 0 N–H and O–H groups in total. The number of nitrogens with zero attached hydrogens (tertiary/aromatic N) is 1. The van der Waals surface area contributed by atoms with Gasteiger partial charge < -0.3 is 28.6 Å². The molecule has 2 aromatic carbocycles. The summed E-state index contributed by atoms with van der Waals surface area (Å²) >= 11 is 0. The summed E-state index contributed by atoms with van der Waals surface area (Å²) in [5.41, 5.74) is 0.317. The molecule has 0 unspecified atom stereocenters. The number of benzene rings is 2. The fourth-order valence-electron chi connectivity index (χ4n) is 4.37. The summed E-state index contributed by atoms with van der Waals surface area (Å²) in [4.78, 5) is 27.8. The lowest BCUT2D eigenvalue weighted by molar-refractivity contribution is -0.00747. The topological polar surface area (TPSA) is 83.5 Å². The van der Waals surface area contributed by atoms with Gasteiger partial charge in [0.15, 0.2) is 17.3 Å². The Labute approximate surface area is 187 Å². The highest BCUT2D eigenvalue weighted by Gasteiger charge is 2.45. The van der Waals surface area contributed by atoms with Crippen LogP contribution in [-0.4, -0.2) is 63.7 Å². The molecule has 4 rings (SSSR count). The third-order valence-electron chi connectivity index (χ3n) is 6.16. The van der Waals surface area contributed by atoms with E-state index in [1.54, 1.807) is 56.6 Å². The van der Waals surface area contributed by atoms with Crippen LogP contribution < -0.4 is 23.7 Å². The first kappa shape index (κ1) is 21.8. The molecule has 2 aliphatic rings. The number of likely N-dealkylation sites (tertiary alicyclic amines) is 1. The van der Waals surface area contributed by atoms with Gasteiger partial charge in [-0.2, -0.15) is 0 Å². The van der Waals surface area contributed by atoms with Crippen LogP contribution in [0, 0.1) is 0 Å². The third-order valence-corrected chi connectivity index (χ3v) is 6.16. The van der Waals surface area contributed by atoms with E-state index in [-0.39, 0.29) is 18.1 Å². The molecule has 2 aliphatic heterocycles. The first-order valence-corrected chi connectivity index (χ1v) is 10.4. The number of hydrogen-bond acceptors (Lipinski definition) is 7. The molecule has 8 nitrogen and oxygen atoms in total. The largest absolute Gasteiger partial charge is 0.497 e. The molecule has 1 saturated heterocycles. The van der Waals surface area contributed by atoms with Crippen molar-refractivity contribution in [2.75, 3.05) is 41.5 Å². The lowest BCUT2D eigenvalue weighted by atomic mass is 9.82. The summed E-state index contributed by atoms with van der Waals surface area (Å²) < 4.78 is 27.8. The molecular formula is C24H27NO7. The number of rotatable bonds is 5. The van der Waals surface area contributed by atoms with Crippen molar-refractivity contribution in [2.45, 2.75) is 24.9 Å². The van der Waals surface area contributed by atoms with Crippen LogP contribution in [0.5, 0.6) is 28.7 Å². The number of ether oxygens (including phenoxy) is 5. The number of carbonyl (C=O) groups excluding carboxylic acids is 2. The minimum absolute atomic E-state index is 0.00418. The van der Waals surface area contributed by atoms with Gasteiger partial charge in [0.05, 0.1) is 40.4 Å². The number of methoxy groups -OCH3 is 4.